The van der Waals surface area contributed by atoms with Crippen molar-refractivity contribution >= 4 is 39.1 Å². The second-order valence-corrected chi connectivity index (χ2v) is 11.6. The van der Waals surface area contributed by atoms with E-state index in [0.29, 0.717) is 12.8 Å². The predicted octanol–water partition coefficient (Wildman–Crippen LogP) is 5.05. The first-order valence-electron chi connectivity index (χ1n) is 12.7. The van der Waals surface area contributed by atoms with Crippen molar-refractivity contribution in [1.82, 2.24) is 10.2 Å². The first kappa shape index (κ1) is 30.1. The Morgan fingerprint density at radius 1 is 0.974 bits per heavy atom. The number of carbonyl (C=O) groups excluding carboxylic acids is 2. The van der Waals surface area contributed by atoms with Crippen molar-refractivity contribution in [2.24, 2.45) is 0 Å². The lowest BCUT2D eigenvalue weighted by Crippen LogP contribution is -2.54. The van der Waals surface area contributed by atoms with E-state index in [-0.39, 0.29) is 34.1 Å². The molecule has 0 aliphatic heterocycles. The first-order chi connectivity index (χ1) is 18.5. The van der Waals surface area contributed by atoms with Crippen LogP contribution in [0.5, 0.6) is 0 Å². The van der Waals surface area contributed by atoms with Crippen molar-refractivity contribution in [3.05, 3.63) is 95.3 Å². The Hall–Kier alpha value is -3.43. The second-order valence-electron chi connectivity index (χ2n) is 9.33. The van der Waals surface area contributed by atoms with Gasteiger partial charge in [0.1, 0.15) is 18.4 Å². The van der Waals surface area contributed by atoms with E-state index in [1.807, 2.05) is 44.2 Å². The summed E-state index contributed by atoms with van der Waals surface area (Å²) in [5, 5.41) is 2.58. The van der Waals surface area contributed by atoms with Crippen LogP contribution in [0, 0.1) is 5.82 Å². The van der Waals surface area contributed by atoms with Gasteiger partial charge < -0.3 is 10.2 Å². The molecule has 1 N–H and O–H groups in total. The highest BCUT2D eigenvalue weighted by atomic mass is 35.5. The molecule has 2 amide bonds. The van der Waals surface area contributed by atoms with Gasteiger partial charge in [-0.05, 0) is 62.6 Å². The maximum atomic E-state index is 14.0. The molecule has 0 aliphatic rings. The Morgan fingerprint density at radius 3 is 2.15 bits per heavy atom. The molecule has 39 heavy (non-hydrogen) atoms. The lowest BCUT2D eigenvalue weighted by Gasteiger charge is -2.33. The third-order valence-electron chi connectivity index (χ3n) is 6.10. The van der Waals surface area contributed by atoms with Crippen molar-refractivity contribution < 1.29 is 22.4 Å². The molecular formula is C29H33ClFN3O4S. The first-order valence-corrected chi connectivity index (χ1v) is 14.5. The Kier molecular flexibility index (Phi) is 10.5. The fraction of sp³-hybridized carbons (Fsp3) is 0.310. The minimum absolute atomic E-state index is 0.0290. The smallest absolute Gasteiger partial charge is 0.264 e. The van der Waals surface area contributed by atoms with Crippen LogP contribution in [-0.4, -0.2) is 50.3 Å². The highest BCUT2D eigenvalue weighted by Gasteiger charge is 2.33. The fourth-order valence-corrected chi connectivity index (χ4v) is 5.77. The number of benzene rings is 3. The van der Waals surface area contributed by atoms with Crippen molar-refractivity contribution in [2.45, 2.75) is 50.6 Å². The summed E-state index contributed by atoms with van der Waals surface area (Å²) in [4.78, 5) is 28.4. The molecule has 1 atom stereocenters. The van der Waals surface area contributed by atoms with Crippen molar-refractivity contribution in [3.8, 4) is 0 Å². The molecular weight excluding hydrogens is 541 g/mol. The minimum Gasteiger partial charge on any atom is -0.352 e. The number of hydrogen-bond donors (Lipinski definition) is 1. The molecule has 7 nitrogen and oxygen atoms in total. The van der Waals surface area contributed by atoms with Crippen LogP contribution >= 0.6 is 11.6 Å². The molecule has 0 unspecified atom stereocenters. The van der Waals surface area contributed by atoms with Gasteiger partial charge in [-0.1, -0.05) is 67.1 Å². The van der Waals surface area contributed by atoms with Crippen molar-refractivity contribution in [3.63, 3.8) is 0 Å². The van der Waals surface area contributed by atoms with E-state index in [4.69, 9.17) is 11.6 Å². The monoisotopic (exact) mass is 573 g/mol. The van der Waals surface area contributed by atoms with Crippen LogP contribution in [-0.2, 0) is 26.0 Å². The van der Waals surface area contributed by atoms with Gasteiger partial charge in [0.25, 0.3) is 10.0 Å². The molecule has 0 spiro atoms. The largest absolute Gasteiger partial charge is 0.352 e. The van der Waals surface area contributed by atoms with E-state index in [1.54, 1.807) is 25.1 Å². The fourth-order valence-electron chi connectivity index (χ4n) is 4.17. The van der Waals surface area contributed by atoms with Crippen LogP contribution in [0.15, 0.2) is 83.8 Å². The number of nitrogens with zero attached hydrogens (tertiary/aromatic N) is 2. The molecule has 3 aromatic rings. The standard InChI is InChI=1S/C29H33ClFN3O4S/c1-4-27(29(36)32-21(2)3)33(18-17-22-11-7-5-8-12-22)28(35)20-34(23-15-16-26(31)25(30)19-23)39(37,38)24-13-9-6-10-14-24/h5-16,19,21,27H,4,17-18,20H2,1-3H3,(H,32,36)/t27-/m1/s1. The van der Waals surface area contributed by atoms with E-state index in [0.717, 1.165) is 15.9 Å². The topological polar surface area (TPSA) is 86.8 Å². The second kappa shape index (κ2) is 13.6. The van der Waals surface area contributed by atoms with E-state index < -0.39 is 34.3 Å². The van der Waals surface area contributed by atoms with Crippen LogP contribution < -0.4 is 9.62 Å². The SMILES string of the molecule is CC[C@H](C(=O)NC(C)C)N(CCc1ccccc1)C(=O)CN(c1ccc(F)c(Cl)c1)S(=O)(=O)c1ccccc1. The maximum absolute atomic E-state index is 14.0. The van der Waals surface area contributed by atoms with Crippen molar-refractivity contribution in [1.29, 1.82) is 0 Å². The van der Waals surface area contributed by atoms with E-state index in [2.05, 4.69) is 5.32 Å². The molecule has 10 heteroatoms. The highest BCUT2D eigenvalue weighted by Crippen LogP contribution is 2.28. The van der Waals surface area contributed by atoms with Crippen LogP contribution in [0.2, 0.25) is 5.02 Å². The van der Waals surface area contributed by atoms with Gasteiger partial charge in [-0.3, -0.25) is 13.9 Å². The molecule has 0 bridgehead atoms. The Balaban J connectivity index is 2.02. The average Bonchev–Trinajstić information content (AvgIpc) is 2.91. The third kappa shape index (κ3) is 7.80. The molecule has 0 heterocycles. The van der Waals surface area contributed by atoms with E-state index in [9.17, 15) is 22.4 Å². The summed E-state index contributed by atoms with van der Waals surface area (Å²) in [6, 6.07) is 19.7. The van der Waals surface area contributed by atoms with Gasteiger partial charge in [-0.15, -0.1) is 0 Å². The van der Waals surface area contributed by atoms with Crippen LogP contribution in [0.1, 0.15) is 32.8 Å². The maximum Gasteiger partial charge on any atom is 0.264 e. The summed E-state index contributed by atoms with van der Waals surface area (Å²) in [6.07, 6.45) is 0.790. The summed E-state index contributed by atoms with van der Waals surface area (Å²) in [5.74, 6) is -1.61. The predicted molar refractivity (Wildman–Crippen MR) is 152 cm³/mol. The zero-order valence-corrected chi connectivity index (χ0v) is 23.8. The molecule has 0 saturated carbocycles. The summed E-state index contributed by atoms with van der Waals surface area (Å²) < 4.78 is 42.3. The number of halogens is 2. The molecule has 208 valence electrons. The lowest BCUT2D eigenvalue weighted by atomic mass is 10.1. The molecule has 3 aromatic carbocycles. The zero-order valence-electron chi connectivity index (χ0n) is 22.2. The molecule has 0 aliphatic carbocycles. The van der Waals surface area contributed by atoms with E-state index >= 15 is 0 Å². The highest BCUT2D eigenvalue weighted by molar-refractivity contribution is 7.92. The van der Waals surface area contributed by atoms with Gasteiger partial charge in [-0.25, -0.2) is 12.8 Å². The van der Waals surface area contributed by atoms with Crippen molar-refractivity contribution in [2.75, 3.05) is 17.4 Å². The number of hydrogen-bond acceptors (Lipinski definition) is 4. The van der Waals surface area contributed by atoms with Crippen LogP contribution in [0.25, 0.3) is 0 Å². The minimum atomic E-state index is -4.25. The molecule has 0 saturated heterocycles. The summed E-state index contributed by atoms with van der Waals surface area (Å²) in [5.41, 5.74) is 0.995. The van der Waals surface area contributed by atoms with Gasteiger partial charge in [0.15, 0.2) is 0 Å². The molecule has 3 rings (SSSR count). The van der Waals surface area contributed by atoms with Gasteiger partial charge in [0.05, 0.1) is 15.6 Å². The van der Waals surface area contributed by atoms with E-state index in [1.165, 1.54) is 29.2 Å². The van der Waals surface area contributed by atoms with Gasteiger partial charge in [0.2, 0.25) is 11.8 Å². The summed E-state index contributed by atoms with van der Waals surface area (Å²) in [7, 11) is -4.25. The lowest BCUT2D eigenvalue weighted by molar-refractivity contribution is -0.139. The number of carbonyl (C=O) groups is 2. The summed E-state index contributed by atoms with van der Waals surface area (Å²) in [6.45, 7) is 5.03. The van der Waals surface area contributed by atoms with Gasteiger partial charge >= 0.3 is 0 Å². The molecule has 0 fully saturated rings. The average molecular weight is 574 g/mol. The third-order valence-corrected chi connectivity index (χ3v) is 8.18. The number of nitrogens with one attached hydrogen (secondary N) is 1. The van der Waals surface area contributed by atoms with Gasteiger partial charge in [0, 0.05) is 12.6 Å². The van der Waals surface area contributed by atoms with Crippen LogP contribution in [0.3, 0.4) is 0 Å². The summed E-state index contributed by atoms with van der Waals surface area (Å²) >= 11 is 5.99. The Morgan fingerprint density at radius 2 is 1.59 bits per heavy atom. The Labute approximate surface area is 234 Å². The number of amides is 2. The van der Waals surface area contributed by atoms with Gasteiger partial charge in [-0.2, -0.15) is 0 Å². The Bertz CT molecular complexity index is 1370. The molecule has 0 aromatic heterocycles. The van der Waals surface area contributed by atoms with Crippen LogP contribution in [0.4, 0.5) is 10.1 Å². The zero-order chi connectivity index (χ0) is 28.6. The number of rotatable bonds is 12. The number of sulfonamides is 1. The molecule has 0 radical (unpaired) electrons. The quantitative estimate of drug-likeness (QED) is 0.328. The normalized spacial score (nSPS) is 12.2. The number of anilines is 1.